The molecule has 2 rings (SSSR count). The van der Waals surface area contributed by atoms with Gasteiger partial charge < -0.3 is 10.1 Å². The van der Waals surface area contributed by atoms with E-state index in [2.05, 4.69) is 5.32 Å². The molecule has 128 valence electrons. The Morgan fingerprint density at radius 1 is 1.17 bits per heavy atom. The minimum Gasteiger partial charge on any atom is -0.491 e. The lowest BCUT2D eigenvalue weighted by molar-refractivity contribution is -0.118. The number of ether oxygens (including phenoxy) is 1. The van der Waals surface area contributed by atoms with Crippen LogP contribution in [-0.4, -0.2) is 24.8 Å². The van der Waals surface area contributed by atoms with Crippen molar-refractivity contribution in [2.45, 2.75) is 19.6 Å². The quantitative estimate of drug-likeness (QED) is 0.737. The molecule has 0 heterocycles. The first-order valence-electron chi connectivity index (χ1n) is 7.85. The van der Waals surface area contributed by atoms with Crippen LogP contribution in [0.3, 0.4) is 0 Å². The normalized spacial score (nSPS) is 10.5. The molecular formula is C19H22FNO2S. The maximum absolute atomic E-state index is 13.5. The number of benzene rings is 2. The second kappa shape index (κ2) is 9.33. The predicted octanol–water partition coefficient (Wildman–Crippen LogP) is 3.87. The van der Waals surface area contributed by atoms with E-state index in [9.17, 15) is 9.18 Å². The summed E-state index contributed by atoms with van der Waals surface area (Å²) >= 11 is 1.39. The highest BCUT2D eigenvalue weighted by Crippen LogP contribution is 2.20. The molecule has 2 aromatic rings. The van der Waals surface area contributed by atoms with Crippen LogP contribution in [0.5, 0.6) is 5.75 Å². The van der Waals surface area contributed by atoms with Gasteiger partial charge in [-0.25, -0.2) is 4.39 Å². The van der Waals surface area contributed by atoms with Crippen molar-refractivity contribution in [3.05, 3.63) is 65.0 Å². The van der Waals surface area contributed by atoms with Crippen molar-refractivity contribution in [3.63, 3.8) is 0 Å². The summed E-state index contributed by atoms with van der Waals surface area (Å²) in [5.41, 5.74) is 2.92. The third-order valence-corrected chi connectivity index (χ3v) is 4.67. The summed E-state index contributed by atoms with van der Waals surface area (Å²) in [5.74, 6) is 1.34. The highest BCUT2D eigenvalue weighted by molar-refractivity contribution is 7.99. The number of rotatable bonds is 8. The lowest BCUT2D eigenvalue weighted by atomic mass is 10.1. The molecule has 3 nitrogen and oxygen atoms in total. The lowest BCUT2D eigenvalue weighted by Crippen LogP contribution is -2.29. The van der Waals surface area contributed by atoms with Gasteiger partial charge in [0, 0.05) is 5.75 Å². The predicted molar refractivity (Wildman–Crippen MR) is 97.0 cm³/mol. The van der Waals surface area contributed by atoms with Gasteiger partial charge >= 0.3 is 0 Å². The number of thioether (sulfide) groups is 1. The molecule has 0 saturated carbocycles. The van der Waals surface area contributed by atoms with E-state index in [0.29, 0.717) is 30.2 Å². The largest absolute Gasteiger partial charge is 0.491 e. The average molecular weight is 347 g/mol. The Morgan fingerprint density at radius 2 is 1.96 bits per heavy atom. The molecule has 0 aromatic heterocycles. The second-order valence-electron chi connectivity index (χ2n) is 5.48. The van der Waals surface area contributed by atoms with Gasteiger partial charge in [0.2, 0.25) is 5.91 Å². The number of hydrogen-bond acceptors (Lipinski definition) is 3. The minimum atomic E-state index is -0.229. The number of carbonyl (C=O) groups excluding carboxylic acids is 1. The molecule has 1 amide bonds. The monoisotopic (exact) mass is 347 g/mol. The van der Waals surface area contributed by atoms with Crippen LogP contribution in [0.15, 0.2) is 42.5 Å². The number of amides is 1. The first-order valence-corrected chi connectivity index (χ1v) is 9.00. The molecule has 0 unspecified atom stereocenters. The van der Waals surface area contributed by atoms with Crippen LogP contribution in [0.2, 0.25) is 0 Å². The van der Waals surface area contributed by atoms with Gasteiger partial charge in [0.1, 0.15) is 18.2 Å². The molecule has 24 heavy (non-hydrogen) atoms. The van der Waals surface area contributed by atoms with Crippen molar-refractivity contribution in [2.75, 3.05) is 18.9 Å². The maximum atomic E-state index is 13.5. The van der Waals surface area contributed by atoms with Gasteiger partial charge in [-0.3, -0.25) is 4.79 Å². The van der Waals surface area contributed by atoms with E-state index >= 15 is 0 Å². The van der Waals surface area contributed by atoms with E-state index in [4.69, 9.17) is 4.74 Å². The zero-order valence-corrected chi connectivity index (χ0v) is 14.8. The van der Waals surface area contributed by atoms with E-state index in [-0.39, 0.29) is 11.7 Å². The van der Waals surface area contributed by atoms with Crippen LogP contribution in [0.1, 0.15) is 16.7 Å². The Morgan fingerprint density at radius 3 is 2.75 bits per heavy atom. The van der Waals surface area contributed by atoms with Gasteiger partial charge in [-0.05, 0) is 42.7 Å². The Balaban J connectivity index is 1.63. The van der Waals surface area contributed by atoms with Crippen LogP contribution in [0, 0.1) is 19.7 Å². The van der Waals surface area contributed by atoms with Crippen molar-refractivity contribution >= 4 is 17.7 Å². The number of carbonyl (C=O) groups is 1. The van der Waals surface area contributed by atoms with Crippen molar-refractivity contribution in [3.8, 4) is 5.75 Å². The average Bonchev–Trinajstić information content (AvgIpc) is 2.57. The van der Waals surface area contributed by atoms with Crippen molar-refractivity contribution in [1.29, 1.82) is 0 Å². The van der Waals surface area contributed by atoms with E-state index in [1.54, 1.807) is 18.2 Å². The summed E-state index contributed by atoms with van der Waals surface area (Å²) in [6.07, 6.45) is 0. The molecule has 1 N–H and O–H groups in total. The molecule has 0 fully saturated rings. The summed E-state index contributed by atoms with van der Waals surface area (Å²) in [4.78, 5) is 11.8. The third kappa shape index (κ3) is 5.57. The molecule has 0 saturated heterocycles. The number of aryl methyl sites for hydroxylation is 1. The fraction of sp³-hybridized carbons (Fsp3) is 0.316. The topological polar surface area (TPSA) is 38.3 Å². The highest BCUT2D eigenvalue weighted by Gasteiger charge is 2.05. The number of nitrogens with one attached hydrogen (secondary N) is 1. The van der Waals surface area contributed by atoms with Gasteiger partial charge in [-0.2, -0.15) is 0 Å². The first-order chi connectivity index (χ1) is 11.6. The lowest BCUT2D eigenvalue weighted by Gasteiger charge is -2.11. The zero-order chi connectivity index (χ0) is 17.4. The van der Waals surface area contributed by atoms with Gasteiger partial charge in [0.05, 0.1) is 12.3 Å². The molecule has 0 aliphatic heterocycles. The molecular weight excluding hydrogens is 325 g/mol. The highest BCUT2D eigenvalue weighted by atomic mass is 32.2. The Bertz CT molecular complexity index is 691. The summed E-state index contributed by atoms with van der Waals surface area (Å²) in [6.45, 7) is 4.93. The van der Waals surface area contributed by atoms with Crippen LogP contribution < -0.4 is 10.1 Å². The molecule has 0 atom stereocenters. The SMILES string of the molecule is Cc1cccc(OCCNC(=O)CSCc2ccccc2F)c1C. The third-order valence-electron chi connectivity index (χ3n) is 3.69. The van der Waals surface area contributed by atoms with E-state index < -0.39 is 0 Å². The number of hydrogen-bond donors (Lipinski definition) is 1. The van der Waals surface area contributed by atoms with Gasteiger partial charge in [-0.1, -0.05) is 30.3 Å². The van der Waals surface area contributed by atoms with Crippen molar-refractivity contribution < 1.29 is 13.9 Å². The van der Waals surface area contributed by atoms with Crippen molar-refractivity contribution in [2.24, 2.45) is 0 Å². The first kappa shape index (κ1) is 18.3. The van der Waals surface area contributed by atoms with E-state index in [1.165, 1.54) is 23.4 Å². The summed E-state index contributed by atoms with van der Waals surface area (Å²) in [7, 11) is 0. The number of halogens is 1. The molecule has 2 aromatic carbocycles. The van der Waals surface area contributed by atoms with Crippen LogP contribution in [0.4, 0.5) is 4.39 Å². The maximum Gasteiger partial charge on any atom is 0.230 e. The minimum absolute atomic E-state index is 0.0686. The Kier molecular flexibility index (Phi) is 7.12. The Hall–Kier alpha value is -2.01. The zero-order valence-electron chi connectivity index (χ0n) is 14.0. The summed E-state index contributed by atoms with van der Waals surface area (Å²) in [5, 5.41) is 2.81. The summed E-state index contributed by atoms with van der Waals surface area (Å²) < 4.78 is 19.1. The summed E-state index contributed by atoms with van der Waals surface area (Å²) in [6, 6.07) is 12.5. The Labute approximate surface area is 146 Å². The molecule has 5 heteroatoms. The standard InChI is InChI=1S/C19H22FNO2S/c1-14-6-5-9-18(15(14)2)23-11-10-21-19(22)13-24-12-16-7-3-4-8-17(16)20/h3-9H,10-13H2,1-2H3,(H,21,22). The molecule has 0 aliphatic rings. The molecule has 0 spiro atoms. The van der Waals surface area contributed by atoms with Gasteiger partial charge in [0.15, 0.2) is 0 Å². The fourth-order valence-electron chi connectivity index (χ4n) is 2.15. The van der Waals surface area contributed by atoms with E-state index in [0.717, 1.165) is 11.3 Å². The van der Waals surface area contributed by atoms with Crippen LogP contribution in [-0.2, 0) is 10.5 Å². The van der Waals surface area contributed by atoms with Crippen molar-refractivity contribution in [1.82, 2.24) is 5.32 Å². The second-order valence-corrected chi connectivity index (χ2v) is 6.47. The molecule has 0 radical (unpaired) electrons. The van der Waals surface area contributed by atoms with Crippen LogP contribution in [0.25, 0.3) is 0 Å². The molecule has 0 aliphatic carbocycles. The van der Waals surface area contributed by atoms with Gasteiger partial charge in [0.25, 0.3) is 0 Å². The van der Waals surface area contributed by atoms with Gasteiger partial charge in [-0.15, -0.1) is 11.8 Å². The van der Waals surface area contributed by atoms with Crippen LogP contribution >= 0.6 is 11.8 Å². The van der Waals surface area contributed by atoms with E-state index in [1.807, 2.05) is 32.0 Å². The fourth-order valence-corrected chi connectivity index (χ4v) is 3.00. The molecule has 0 bridgehead atoms. The smallest absolute Gasteiger partial charge is 0.230 e.